The molecule has 9 heteroatoms. The maximum atomic E-state index is 13.3. The Morgan fingerprint density at radius 2 is 1.57 bits per heavy atom. The summed E-state index contributed by atoms with van der Waals surface area (Å²) in [6.45, 7) is -0.0475. The highest BCUT2D eigenvalue weighted by Crippen LogP contribution is 2.49. The van der Waals surface area contributed by atoms with Crippen LogP contribution in [0.15, 0.2) is 42.0 Å². The molecule has 1 rings (SSSR count). The van der Waals surface area contributed by atoms with Crippen LogP contribution in [0.25, 0.3) is 0 Å². The van der Waals surface area contributed by atoms with E-state index < -0.39 is 29.6 Å². The molecule has 0 N–H and O–H groups in total. The van der Waals surface area contributed by atoms with Gasteiger partial charge in [-0.25, -0.2) is 4.79 Å². The fourth-order valence-corrected chi connectivity index (χ4v) is 1.46. The van der Waals surface area contributed by atoms with Gasteiger partial charge in [0.05, 0.1) is 0 Å². The summed E-state index contributed by atoms with van der Waals surface area (Å²) in [4.78, 5) is 11.3. The van der Waals surface area contributed by atoms with E-state index in [9.17, 15) is 35.5 Å². The summed E-state index contributed by atoms with van der Waals surface area (Å²) in [5.74, 6) is -13.3. The minimum atomic E-state index is -6.46. The Morgan fingerprint density at radius 3 is 2.04 bits per heavy atom. The van der Waals surface area contributed by atoms with Crippen LogP contribution in [0.5, 0.6) is 0 Å². The Hall–Kier alpha value is -2.06. The Kier molecular flexibility index (Phi) is 5.44. The molecule has 0 amide bonds. The highest BCUT2D eigenvalue weighted by atomic mass is 19.4. The van der Waals surface area contributed by atoms with Crippen molar-refractivity contribution in [2.75, 3.05) is 0 Å². The van der Waals surface area contributed by atoms with Gasteiger partial charge >= 0.3 is 24.0 Å². The molecule has 0 bridgehead atoms. The van der Waals surface area contributed by atoms with Crippen molar-refractivity contribution in [3.63, 3.8) is 0 Å². The van der Waals surface area contributed by atoms with Crippen LogP contribution in [0.2, 0.25) is 0 Å². The van der Waals surface area contributed by atoms with E-state index in [4.69, 9.17) is 0 Å². The van der Waals surface area contributed by atoms with Crippen molar-refractivity contribution in [3.05, 3.63) is 47.5 Å². The van der Waals surface area contributed by atoms with Crippen molar-refractivity contribution in [2.45, 2.75) is 31.6 Å². The van der Waals surface area contributed by atoms with Gasteiger partial charge in [-0.3, -0.25) is 0 Å². The smallest absolute Gasteiger partial charge is 0.458 e. The van der Waals surface area contributed by atoms with E-state index in [1.807, 2.05) is 0 Å². The molecule has 128 valence electrons. The van der Waals surface area contributed by atoms with Crippen molar-refractivity contribution in [3.8, 4) is 0 Å². The number of allylic oxidation sites excluding steroid dienone is 1. The summed E-state index contributed by atoms with van der Waals surface area (Å²) < 4.78 is 92.7. The monoisotopic (exact) mass is 344 g/mol. The molecule has 1 aromatic carbocycles. The molecule has 1 aromatic rings. The minimum Gasteiger partial charge on any atom is -0.458 e. The molecular weight excluding hydrogens is 333 g/mol. The molecule has 0 aliphatic rings. The number of ether oxygens (including phenoxy) is 1. The van der Waals surface area contributed by atoms with Gasteiger partial charge in [0.25, 0.3) is 0 Å². The fourth-order valence-electron chi connectivity index (χ4n) is 1.46. The normalized spacial score (nSPS) is 13.8. The molecule has 0 aromatic heterocycles. The van der Waals surface area contributed by atoms with Gasteiger partial charge in [-0.05, 0) is 12.5 Å². The highest BCUT2D eigenvalue weighted by molar-refractivity contribution is 5.83. The molecule has 0 heterocycles. The van der Waals surface area contributed by atoms with Crippen LogP contribution in [0.1, 0.15) is 12.5 Å². The first-order valence-electron chi connectivity index (χ1n) is 6.11. The zero-order chi connectivity index (χ0) is 17.9. The van der Waals surface area contributed by atoms with Gasteiger partial charge in [0.1, 0.15) is 6.61 Å². The van der Waals surface area contributed by atoms with Crippen molar-refractivity contribution >= 4 is 5.97 Å². The topological polar surface area (TPSA) is 26.3 Å². The molecule has 2 nitrogen and oxygen atoms in total. The van der Waals surface area contributed by atoms with Crippen molar-refractivity contribution in [1.29, 1.82) is 0 Å². The summed E-state index contributed by atoms with van der Waals surface area (Å²) in [6.07, 6.45) is -6.54. The highest BCUT2D eigenvalue weighted by Gasteiger charge is 2.73. The van der Waals surface area contributed by atoms with Crippen LogP contribution in [0.3, 0.4) is 0 Å². The average Bonchev–Trinajstić information content (AvgIpc) is 2.44. The first-order valence-corrected chi connectivity index (χ1v) is 6.11. The quantitative estimate of drug-likeness (QED) is 0.446. The Balaban J connectivity index is 2.84. The fraction of sp³-hybridized carbons (Fsp3) is 0.357. The second kappa shape index (κ2) is 6.59. The Morgan fingerprint density at radius 1 is 1.04 bits per heavy atom. The number of hydrogen-bond donors (Lipinski definition) is 0. The van der Waals surface area contributed by atoms with E-state index in [0.29, 0.717) is 12.5 Å². The van der Waals surface area contributed by atoms with Crippen LogP contribution >= 0.6 is 0 Å². The Labute approximate surface area is 126 Å². The maximum Gasteiger partial charge on any atom is 0.460 e. The zero-order valence-electron chi connectivity index (χ0n) is 11.6. The number of esters is 1. The summed E-state index contributed by atoms with van der Waals surface area (Å²) >= 11 is 0. The zero-order valence-corrected chi connectivity index (χ0v) is 11.6. The summed E-state index contributed by atoms with van der Waals surface area (Å²) in [7, 11) is 0. The van der Waals surface area contributed by atoms with Crippen LogP contribution in [0.4, 0.5) is 30.7 Å². The van der Waals surface area contributed by atoms with Gasteiger partial charge in [-0.1, -0.05) is 30.3 Å². The predicted molar refractivity (Wildman–Crippen MR) is 65.9 cm³/mol. The molecule has 0 saturated heterocycles. The molecule has 0 radical (unpaired) electrons. The molecule has 0 saturated carbocycles. The average molecular weight is 344 g/mol. The van der Waals surface area contributed by atoms with Gasteiger partial charge in [0, 0.05) is 11.6 Å². The first kappa shape index (κ1) is 19.0. The van der Waals surface area contributed by atoms with Crippen LogP contribution in [-0.2, 0) is 16.1 Å². The van der Waals surface area contributed by atoms with Gasteiger partial charge < -0.3 is 4.74 Å². The summed E-state index contributed by atoms with van der Waals surface area (Å²) in [6, 6.07) is 7.94. The van der Waals surface area contributed by atoms with Gasteiger partial charge in [-0.2, -0.15) is 30.7 Å². The summed E-state index contributed by atoms with van der Waals surface area (Å²) in [5.41, 5.74) is -1.27. The van der Waals surface area contributed by atoms with Crippen molar-refractivity contribution < 1.29 is 40.3 Å². The second-order valence-corrected chi connectivity index (χ2v) is 4.57. The number of carbonyl (C=O) groups is 1. The van der Waals surface area contributed by atoms with E-state index in [1.54, 1.807) is 18.2 Å². The molecule has 0 unspecified atom stereocenters. The van der Waals surface area contributed by atoms with Crippen molar-refractivity contribution in [2.24, 2.45) is 0 Å². The number of alkyl halides is 7. The lowest BCUT2D eigenvalue weighted by Crippen LogP contribution is -2.52. The lowest BCUT2D eigenvalue weighted by atomic mass is 10.0. The summed E-state index contributed by atoms with van der Waals surface area (Å²) in [5, 5.41) is 0. The minimum absolute atomic E-state index is 0.0808. The lowest BCUT2D eigenvalue weighted by Gasteiger charge is -2.28. The largest absolute Gasteiger partial charge is 0.460 e. The van der Waals surface area contributed by atoms with E-state index in [-0.39, 0.29) is 12.7 Å². The lowest BCUT2D eigenvalue weighted by molar-refractivity contribution is -0.344. The third-order valence-corrected chi connectivity index (χ3v) is 2.80. The molecule has 0 aliphatic heterocycles. The van der Waals surface area contributed by atoms with E-state index >= 15 is 0 Å². The van der Waals surface area contributed by atoms with Gasteiger partial charge in [0.15, 0.2) is 0 Å². The van der Waals surface area contributed by atoms with E-state index in [0.717, 1.165) is 0 Å². The predicted octanol–water partition coefficient (Wildman–Crippen LogP) is 4.51. The molecule has 0 fully saturated rings. The number of halogens is 7. The maximum absolute atomic E-state index is 13.3. The third kappa shape index (κ3) is 4.23. The molecule has 23 heavy (non-hydrogen) atoms. The molecular formula is C14H11F7O2. The van der Waals surface area contributed by atoms with Crippen LogP contribution in [-0.4, -0.2) is 24.0 Å². The Bertz CT molecular complexity index is 577. The number of hydrogen-bond acceptors (Lipinski definition) is 2. The first-order chi connectivity index (χ1) is 10.4. The number of rotatable bonds is 5. The third-order valence-electron chi connectivity index (χ3n) is 2.80. The van der Waals surface area contributed by atoms with Crippen LogP contribution in [0, 0.1) is 0 Å². The molecule has 0 atom stereocenters. The second-order valence-electron chi connectivity index (χ2n) is 4.57. The molecule has 0 spiro atoms. The number of carbonyl (C=O) groups excluding carboxylic acids is 1. The van der Waals surface area contributed by atoms with Gasteiger partial charge in [0.2, 0.25) is 0 Å². The van der Waals surface area contributed by atoms with Crippen LogP contribution < -0.4 is 0 Å². The molecule has 0 aliphatic carbocycles. The SMILES string of the molecule is C/C(=C\C(=O)OCc1ccccc1)C(F)(F)C(F)(F)C(F)(F)F. The standard InChI is InChI=1S/C14H11F7O2/c1-9(12(15,16)13(17,18)14(19,20)21)7-11(22)23-8-10-5-3-2-4-6-10/h2-7H,8H2,1H3/b9-7+. The number of benzene rings is 1. The van der Waals surface area contributed by atoms with Gasteiger partial charge in [-0.15, -0.1) is 0 Å². The van der Waals surface area contributed by atoms with Crippen molar-refractivity contribution in [1.82, 2.24) is 0 Å². The van der Waals surface area contributed by atoms with E-state index in [2.05, 4.69) is 4.74 Å². The van der Waals surface area contributed by atoms with E-state index in [1.165, 1.54) is 12.1 Å².